The highest BCUT2D eigenvalue weighted by molar-refractivity contribution is 5.88. The van der Waals surface area contributed by atoms with Crippen molar-refractivity contribution >= 4 is 17.9 Å². The van der Waals surface area contributed by atoms with Crippen LogP contribution in [-0.4, -0.2) is 54.9 Å². The van der Waals surface area contributed by atoms with E-state index < -0.39 is 24.1 Å². The Kier molecular flexibility index (Phi) is 9.11. The number of methoxy groups -OCH3 is 1. The molecule has 0 bridgehead atoms. The molecule has 0 heterocycles. The van der Waals surface area contributed by atoms with E-state index in [2.05, 4.69) is 16.0 Å². The molecule has 0 aromatic rings. The molecule has 2 unspecified atom stereocenters. The van der Waals surface area contributed by atoms with Crippen LogP contribution in [0.15, 0.2) is 0 Å². The van der Waals surface area contributed by atoms with Crippen LogP contribution < -0.4 is 16.0 Å². The Labute approximate surface area is 124 Å². The van der Waals surface area contributed by atoms with E-state index in [0.29, 0.717) is 13.0 Å². The second-order valence-corrected chi connectivity index (χ2v) is 5.03. The smallest absolute Gasteiger partial charge is 0.326 e. The highest BCUT2D eigenvalue weighted by atomic mass is 16.5. The maximum absolute atomic E-state index is 11.7. The molecule has 3 amide bonds. The molecule has 0 saturated heterocycles. The Balaban J connectivity index is 4.30. The Bertz CT molecular complexity index is 360. The molecular weight excluding hydrogens is 278 g/mol. The van der Waals surface area contributed by atoms with Gasteiger partial charge in [-0.25, -0.2) is 9.59 Å². The number of carbonyl (C=O) groups excluding carboxylic acids is 2. The maximum atomic E-state index is 11.7. The molecular formula is C13H25N3O5. The minimum atomic E-state index is -1.12. The number of ether oxygens (including phenoxy) is 1. The Morgan fingerprint density at radius 2 is 1.71 bits per heavy atom. The van der Waals surface area contributed by atoms with Crippen LogP contribution in [0, 0.1) is 0 Å². The van der Waals surface area contributed by atoms with Gasteiger partial charge in [0, 0.05) is 19.8 Å². The Hall–Kier alpha value is -1.83. The van der Waals surface area contributed by atoms with E-state index >= 15 is 0 Å². The fourth-order valence-electron chi connectivity index (χ4n) is 1.56. The molecule has 21 heavy (non-hydrogen) atoms. The lowest BCUT2D eigenvalue weighted by Gasteiger charge is -2.19. The van der Waals surface area contributed by atoms with Crippen LogP contribution in [0.4, 0.5) is 4.79 Å². The summed E-state index contributed by atoms with van der Waals surface area (Å²) in [6.45, 7) is 5.56. The van der Waals surface area contributed by atoms with Crippen LogP contribution in [-0.2, 0) is 14.3 Å². The van der Waals surface area contributed by atoms with Crippen molar-refractivity contribution in [3.8, 4) is 0 Å². The van der Waals surface area contributed by atoms with E-state index in [1.807, 2.05) is 0 Å². The molecule has 4 N–H and O–H groups in total. The van der Waals surface area contributed by atoms with Gasteiger partial charge in [-0.15, -0.1) is 0 Å². The SMILES string of the molecule is COCCCC(NC(=O)NC(C)C(=O)NC(C)C)C(=O)O. The summed E-state index contributed by atoms with van der Waals surface area (Å²) in [5.41, 5.74) is 0. The van der Waals surface area contributed by atoms with Crippen molar-refractivity contribution in [3.63, 3.8) is 0 Å². The number of urea groups is 1. The van der Waals surface area contributed by atoms with Crippen LogP contribution in [0.2, 0.25) is 0 Å². The molecule has 0 aromatic carbocycles. The molecule has 0 aliphatic carbocycles. The second-order valence-electron chi connectivity index (χ2n) is 5.03. The summed E-state index contributed by atoms with van der Waals surface area (Å²) in [4.78, 5) is 34.4. The van der Waals surface area contributed by atoms with Gasteiger partial charge < -0.3 is 25.8 Å². The predicted octanol–water partition coefficient (Wildman–Crippen LogP) is 0.0785. The summed E-state index contributed by atoms with van der Waals surface area (Å²) < 4.78 is 4.84. The van der Waals surface area contributed by atoms with Gasteiger partial charge in [0.1, 0.15) is 12.1 Å². The lowest BCUT2D eigenvalue weighted by molar-refractivity contribution is -0.139. The van der Waals surface area contributed by atoms with Crippen LogP contribution in [0.25, 0.3) is 0 Å². The van der Waals surface area contributed by atoms with Crippen molar-refractivity contribution in [2.45, 2.75) is 51.7 Å². The van der Waals surface area contributed by atoms with Crippen molar-refractivity contribution < 1.29 is 24.2 Å². The third-order valence-electron chi connectivity index (χ3n) is 2.62. The highest BCUT2D eigenvalue weighted by Crippen LogP contribution is 1.98. The van der Waals surface area contributed by atoms with Gasteiger partial charge in [-0.05, 0) is 33.6 Å². The number of carboxylic acid groups (broad SMARTS) is 1. The van der Waals surface area contributed by atoms with Gasteiger partial charge >= 0.3 is 12.0 Å². The Morgan fingerprint density at radius 3 is 2.19 bits per heavy atom. The van der Waals surface area contributed by atoms with Gasteiger partial charge in [-0.3, -0.25) is 4.79 Å². The summed E-state index contributed by atoms with van der Waals surface area (Å²) in [6, 6.07) is -2.49. The van der Waals surface area contributed by atoms with Gasteiger partial charge in [-0.1, -0.05) is 0 Å². The van der Waals surface area contributed by atoms with Gasteiger partial charge in [0.2, 0.25) is 5.91 Å². The van der Waals surface area contributed by atoms with Gasteiger partial charge in [0.25, 0.3) is 0 Å². The zero-order valence-electron chi connectivity index (χ0n) is 12.9. The molecule has 0 aromatic heterocycles. The summed E-state index contributed by atoms with van der Waals surface area (Å²) in [5.74, 6) is -1.45. The first-order valence-electron chi connectivity index (χ1n) is 6.87. The number of hydrogen-bond acceptors (Lipinski definition) is 4. The van der Waals surface area contributed by atoms with Crippen molar-refractivity contribution in [2.24, 2.45) is 0 Å². The largest absolute Gasteiger partial charge is 0.480 e. The lowest BCUT2D eigenvalue weighted by Crippen LogP contribution is -2.53. The van der Waals surface area contributed by atoms with Crippen LogP contribution in [0.5, 0.6) is 0 Å². The molecule has 2 atom stereocenters. The molecule has 8 nitrogen and oxygen atoms in total. The van der Waals surface area contributed by atoms with Crippen LogP contribution in [0.3, 0.4) is 0 Å². The van der Waals surface area contributed by atoms with Crippen molar-refractivity contribution in [2.75, 3.05) is 13.7 Å². The zero-order valence-corrected chi connectivity index (χ0v) is 12.9. The average Bonchev–Trinajstić information content (AvgIpc) is 2.36. The van der Waals surface area contributed by atoms with Crippen molar-refractivity contribution in [1.29, 1.82) is 0 Å². The molecule has 122 valence electrons. The van der Waals surface area contributed by atoms with Gasteiger partial charge in [0.15, 0.2) is 0 Å². The third kappa shape index (κ3) is 8.85. The second kappa shape index (κ2) is 9.98. The molecule has 0 saturated carbocycles. The highest BCUT2D eigenvalue weighted by Gasteiger charge is 2.22. The summed E-state index contributed by atoms with van der Waals surface area (Å²) >= 11 is 0. The number of carboxylic acids is 1. The molecule has 8 heteroatoms. The number of nitrogens with one attached hydrogen (secondary N) is 3. The molecule has 0 rings (SSSR count). The van der Waals surface area contributed by atoms with E-state index in [1.54, 1.807) is 13.8 Å². The standard InChI is InChI=1S/C13H25N3O5/c1-8(2)14-11(17)9(3)15-13(20)16-10(12(18)19)6-5-7-21-4/h8-10H,5-7H2,1-4H3,(H,14,17)(H,18,19)(H2,15,16,20). The molecule has 0 aliphatic heterocycles. The first-order chi connectivity index (χ1) is 9.77. The predicted molar refractivity (Wildman–Crippen MR) is 76.9 cm³/mol. The summed E-state index contributed by atoms with van der Waals surface area (Å²) in [6.07, 6.45) is 0.764. The van der Waals surface area contributed by atoms with E-state index in [9.17, 15) is 14.4 Å². The first kappa shape index (κ1) is 19.2. The average molecular weight is 303 g/mol. The number of aliphatic carboxylic acids is 1. The lowest BCUT2D eigenvalue weighted by atomic mass is 10.1. The zero-order chi connectivity index (χ0) is 16.4. The normalized spacial score (nSPS) is 13.4. The summed E-state index contributed by atoms with van der Waals surface area (Å²) in [5, 5.41) is 16.4. The minimum Gasteiger partial charge on any atom is -0.480 e. The third-order valence-corrected chi connectivity index (χ3v) is 2.62. The number of carbonyl (C=O) groups is 3. The quantitative estimate of drug-likeness (QED) is 0.450. The minimum absolute atomic E-state index is 0.0365. The molecule has 0 spiro atoms. The monoisotopic (exact) mass is 303 g/mol. The van der Waals surface area contributed by atoms with Gasteiger partial charge in [-0.2, -0.15) is 0 Å². The molecule has 0 radical (unpaired) electrons. The van der Waals surface area contributed by atoms with E-state index in [0.717, 1.165) is 0 Å². The van der Waals surface area contributed by atoms with Crippen molar-refractivity contribution in [1.82, 2.24) is 16.0 Å². The first-order valence-corrected chi connectivity index (χ1v) is 6.87. The topological polar surface area (TPSA) is 117 Å². The fraction of sp³-hybridized carbons (Fsp3) is 0.769. The van der Waals surface area contributed by atoms with E-state index in [-0.39, 0.29) is 18.4 Å². The number of hydrogen-bond donors (Lipinski definition) is 4. The van der Waals surface area contributed by atoms with Crippen LogP contribution >= 0.6 is 0 Å². The molecule has 0 aliphatic rings. The van der Waals surface area contributed by atoms with Crippen molar-refractivity contribution in [3.05, 3.63) is 0 Å². The van der Waals surface area contributed by atoms with E-state index in [4.69, 9.17) is 9.84 Å². The number of rotatable bonds is 9. The number of amides is 3. The summed E-state index contributed by atoms with van der Waals surface area (Å²) in [7, 11) is 1.52. The van der Waals surface area contributed by atoms with Gasteiger partial charge in [0.05, 0.1) is 0 Å². The Morgan fingerprint density at radius 1 is 1.10 bits per heavy atom. The van der Waals surface area contributed by atoms with E-state index in [1.165, 1.54) is 14.0 Å². The maximum Gasteiger partial charge on any atom is 0.326 e. The molecule has 0 fully saturated rings. The van der Waals surface area contributed by atoms with Crippen LogP contribution in [0.1, 0.15) is 33.6 Å². The fourth-order valence-corrected chi connectivity index (χ4v) is 1.56.